The molecule has 0 bridgehead atoms. The lowest BCUT2D eigenvalue weighted by molar-refractivity contribution is -0.192. The maximum absolute atomic E-state index is 12.5. The lowest BCUT2D eigenvalue weighted by Crippen LogP contribution is -2.58. The molecule has 2 fully saturated rings. The van der Waals surface area contributed by atoms with Crippen LogP contribution in [0.15, 0.2) is 36.0 Å². The van der Waals surface area contributed by atoms with E-state index in [0.717, 1.165) is 5.57 Å². The largest absolute Gasteiger partial charge is 0.481 e. The molecule has 208 valence electrons. The Morgan fingerprint density at radius 2 is 1.74 bits per heavy atom. The van der Waals surface area contributed by atoms with Gasteiger partial charge in [-0.3, -0.25) is 19.2 Å². The van der Waals surface area contributed by atoms with Gasteiger partial charge in [-0.1, -0.05) is 38.2 Å². The number of fused-ring (bicyclic) bond motifs is 1. The van der Waals surface area contributed by atoms with E-state index in [1.807, 2.05) is 13.0 Å². The van der Waals surface area contributed by atoms with Gasteiger partial charge in [0.1, 0.15) is 19.3 Å². The number of cyclic esters (lactones) is 1. The molecule has 0 amide bonds. The third-order valence-corrected chi connectivity index (χ3v) is 8.30. The van der Waals surface area contributed by atoms with Crippen molar-refractivity contribution in [3.8, 4) is 0 Å². The Hall–Kier alpha value is -3.43. The van der Waals surface area contributed by atoms with Crippen molar-refractivity contribution >= 4 is 29.8 Å². The molecule has 2 saturated carbocycles. The molecular weight excluding hydrogens is 496 g/mol. The van der Waals surface area contributed by atoms with Crippen LogP contribution in [0.4, 0.5) is 0 Å². The predicted molar refractivity (Wildman–Crippen MR) is 134 cm³/mol. The Labute approximate surface area is 221 Å². The highest BCUT2D eigenvalue weighted by Gasteiger charge is 2.59. The third kappa shape index (κ3) is 6.52. The molecule has 38 heavy (non-hydrogen) atoms. The van der Waals surface area contributed by atoms with Gasteiger partial charge in [-0.25, -0.2) is 4.79 Å². The number of rotatable bonds is 11. The summed E-state index contributed by atoms with van der Waals surface area (Å²) in [7, 11) is 0. The molecule has 1 aliphatic heterocycles. The van der Waals surface area contributed by atoms with Crippen LogP contribution in [0.3, 0.4) is 0 Å². The molecule has 0 aromatic rings. The SMILES string of the molecule is C=C1CCC2C(C)(COC(=O)CCC(=O)O)C(OC(=O)CCC(=O)O)CCC2(C)C1C=CC1=CCOC1=O. The maximum Gasteiger partial charge on any atom is 0.338 e. The molecule has 0 radical (unpaired) electrons. The highest BCUT2D eigenvalue weighted by molar-refractivity contribution is 5.93. The lowest BCUT2D eigenvalue weighted by Gasteiger charge is -2.59. The summed E-state index contributed by atoms with van der Waals surface area (Å²) in [5.74, 6) is -4.05. The number of allylic oxidation sites excluding steroid dienone is 2. The van der Waals surface area contributed by atoms with Crippen LogP contribution in [-0.4, -0.2) is 59.4 Å². The monoisotopic (exact) mass is 532 g/mol. The van der Waals surface area contributed by atoms with Gasteiger partial charge < -0.3 is 24.4 Å². The fraction of sp³-hybridized carbons (Fsp3) is 0.607. The van der Waals surface area contributed by atoms with Gasteiger partial charge >= 0.3 is 29.8 Å². The Morgan fingerprint density at radius 1 is 1.08 bits per heavy atom. The molecule has 0 saturated heterocycles. The van der Waals surface area contributed by atoms with Crippen LogP contribution in [0.1, 0.15) is 65.2 Å². The first-order chi connectivity index (χ1) is 17.9. The molecule has 10 nitrogen and oxygen atoms in total. The number of carbonyl (C=O) groups is 5. The first kappa shape index (κ1) is 29.1. The van der Waals surface area contributed by atoms with E-state index in [1.165, 1.54) is 0 Å². The van der Waals surface area contributed by atoms with Crippen LogP contribution in [0.5, 0.6) is 0 Å². The van der Waals surface area contributed by atoms with Crippen LogP contribution in [0.2, 0.25) is 0 Å². The molecule has 2 N–H and O–H groups in total. The fourth-order valence-corrected chi connectivity index (χ4v) is 6.30. The van der Waals surface area contributed by atoms with Crippen molar-refractivity contribution in [2.45, 2.75) is 71.3 Å². The number of ether oxygens (including phenoxy) is 3. The second kappa shape index (κ2) is 12.0. The van der Waals surface area contributed by atoms with E-state index < -0.39 is 35.4 Å². The smallest absolute Gasteiger partial charge is 0.338 e. The zero-order valence-corrected chi connectivity index (χ0v) is 21.9. The molecule has 0 aromatic heterocycles. The van der Waals surface area contributed by atoms with Crippen LogP contribution in [0.25, 0.3) is 0 Å². The number of aliphatic carboxylic acids is 2. The summed E-state index contributed by atoms with van der Waals surface area (Å²) in [5.41, 5.74) is 0.328. The predicted octanol–water partition coefficient (Wildman–Crippen LogP) is 3.60. The van der Waals surface area contributed by atoms with Gasteiger partial charge in [-0.05, 0) is 43.1 Å². The average molecular weight is 533 g/mol. The summed E-state index contributed by atoms with van der Waals surface area (Å²) < 4.78 is 16.4. The first-order valence-electron chi connectivity index (χ1n) is 12.9. The van der Waals surface area contributed by atoms with Crippen LogP contribution in [0, 0.1) is 22.7 Å². The van der Waals surface area contributed by atoms with Crippen LogP contribution >= 0.6 is 0 Å². The van der Waals surface area contributed by atoms with Crippen molar-refractivity contribution in [2.75, 3.05) is 13.2 Å². The molecule has 10 heteroatoms. The molecule has 0 aromatic carbocycles. The van der Waals surface area contributed by atoms with Crippen LogP contribution < -0.4 is 0 Å². The zero-order valence-electron chi connectivity index (χ0n) is 21.9. The molecule has 1 heterocycles. The minimum Gasteiger partial charge on any atom is -0.481 e. The van der Waals surface area contributed by atoms with Crippen molar-refractivity contribution in [3.63, 3.8) is 0 Å². The summed E-state index contributed by atoms with van der Waals surface area (Å²) >= 11 is 0. The minimum atomic E-state index is -1.11. The minimum absolute atomic E-state index is 0.0804. The number of esters is 3. The Balaban J connectivity index is 1.88. The molecule has 3 rings (SSSR count). The number of carboxylic acid groups (broad SMARTS) is 2. The van der Waals surface area contributed by atoms with E-state index in [2.05, 4.69) is 13.5 Å². The van der Waals surface area contributed by atoms with Crippen molar-refractivity contribution in [2.24, 2.45) is 22.7 Å². The van der Waals surface area contributed by atoms with Crippen molar-refractivity contribution < 1.29 is 48.4 Å². The number of hydrogen-bond donors (Lipinski definition) is 2. The standard InChI is InChI=1S/C28H36O10/c1-17-4-7-20-27(2,19(17)6-5-18-13-15-36-26(18)35)14-12-21(38-25(34)11-9-23(31)32)28(20,3)16-37-24(33)10-8-22(29)30/h5-6,13,19-21H,1,4,7-12,14-16H2,2-3H3,(H,29,30)(H,31,32). The van der Waals surface area contributed by atoms with Gasteiger partial charge in [-0.2, -0.15) is 0 Å². The molecule has 2 aliphatic carbocycles. The summed E-state index contributed by atoms with van der Waals surface area (Å²) in [4.78, 5) is 58.6. The van der Waals surface area contributed by atoms with E-state index in [-0.39, 0.29) is 62.1 Å². The Morgan fingerprint density at radius 3 is 2.34 bits per heavy atom. The number of carboxylic acids is 2. The second-order valence-electron chi connectivity index (χ2n) is 10.8. The van der Waals surface area contributed by atoms with Gasteiger partial charge in [0, 0.05) is 11.3 Å². The maximum atomic E-state index is 12.5. The van der Waals surface area contributed by atoms with Gasteiger partial charge in [0.25, 0.3) is 0 Å². The van der Waals surface area contributed by atoms with Crippen molar-refractivity contribution in [1.82, 2.24) is 0 Å². The first-order valence-corrected chi connectivity index (χ1v) is 12.9. The molecule has 0 spiro atoms. The van der Waals surface area contributed by atoms with E-state index in [0.29, 0.717) is 31.3 Å². The van der Waals surface area contributed by atoms with E-state index in [9.17, 15) is 24.0 Å². The molecule has 5 atom stereocenters. The quantitative estimate of drug-likeness (QED) is 0.229. The Bertz CT molecular complexity index is 1060. The number of hydrogen-bond acceptors (Lipinski definition) is 8. The van der Waals surface area contributed by atoms with Crippen molar-refractivity contribution in [3.05, 3.63) is 36.0 Å². The lowest BCUT2D eigenvalue weighted by atomic mass is 9.46. The summed E-state index contributed by atoms with van der Waals surface area (Å²) in [6, 6.07) is 0. The summed E-state index contributed by atoms with van der Waals surface area (Å²) in [6.07, 6.45) is 6.10. The summed E-state index contributed by atoms with van der Waals surface area (Å²) in [6.45, 7) is 8.49. The van der Waals surface area contributed by atoms with E-state index in [4.69, 9.17) is 24.4 Å². The van der Waals surface area contributed by atoms with Crippen LogP contribution in [-0.2, 0) is 38.2 Å². The highest BCUT2D eigenvalue weighted by atomic mass is 16.6. The zero-order chi connectivity index (χ0) is 28.1. The summed E-state index contributed by atoms with van der Waals surface area (Å²) in [5, 5.41) is 17.8. The van der Waals surface area contributed by atoms with E-state index >= 15 is 0 Å². The molecule has 3 aliphatic rings. The highest BCUT2D eigenvalue weighted by Crippen LogP contribution is 2.62. The second-order valence-corrected chi connectivity index (χ2v) is 10.8. The normalized spacial score (nSPS) is 30.8. The fourth-order valence-electron chi connectivity index (χ4n) is 6.30. The van der Waals surface area contributed by atoms with Gasteiger partial charge in [0.15, 0.2) is 0 Å². The molecular formula is C28H36O10. The number of carbonyl (C=O) groups excluding carboxylic acids is 3. The van der Waals surface area contributed by atoms with Gasteiger partial charge in [0.05, 0.1) is 31.3 Å². The third-order valence-electron chi connectivity index (χ3n) is 8.30. The van der Waals surface area contributed by atoms with E-state index in [1.54, 1.807) is 12.2 Å². The van der Waals surface area contributed by atoms with Crippen molar-refractivity contribution in [1.29, 1.82) is 0 Å². The average Bonchev–Trinajstić information content (AvgIpc) is 3.26. The Kier molecular flexibility index (Phi) is 9.17. The molecule has 5 unspecified atom stereocenters. The van der Waals surface area contributed by atoms with Gasteiger partial charge in [-0.15, -0.1) is 0 Å². The topological polar surface area (TPSA) is 154 Å². The van der Waals surface area contributed by atoms with Gasteiger partial charge in [0.2, 0.25) is 0 Å².